The minimum absolute atomic E-state index is 0.374. The summed E-state index contributed by atoms with van der Waals surface area (Å²) in [5, 5.41) is 9.66. The van der Waals surface area contributed by atoms with Crippen LogP contribution in [0.2, 0.25) is 0 Å². The van der Waals surface area contributed by atoms with Gasteiger partial charge in [-0.1, -0.05) is 11.3 Å². The first-order valence-corrected chi connectivity index (χ1v) is 9.78. The van der Waals surface area contributed by atoms with Gasteiger partial charge >= 0.3 is 5.63 Å². The van der Waals surface area contributed by atoms with Gasteiger partial charge < -0.3 is 14.6 Å². The van der Waals surface area contributed by atoms with E-state index in [-0.39, 0.29) is 5.63 Å². The highest BCUT2D eigenvalue weighted by Gasteiger charge is 2.18. The molecule has 0 amide bonds. The van der Waals surface area contributed by atoms with Gasteiger partial charge in [-0.3, -0.25) is 0 Å². The Morgan fingerprint density at radius 2 is 2.22 bits per heavy atom. The van der Waals surface area contributed by atoms with Gasteiger partial charge in [0, 0.05) is 42.8 Å². The third-order valence-corrected chi connectivity index (χ3v) is 5.75. The van der Waals surface area contributed by atoms with E-state index in [1.165, 1.54) is 11.3 Å². The third-order valence-electron chi connectivity index (χ3n) is 4.92. The zero-order valence-electron chi connectivity index (χ0n) is 15.1. The van der Waals surface area contributed by atoms with Crippen LogP contribution in [0.15, 0.2) is 39.7 Å². The second-order valence-electron chi connectivity index (χ2n) is 6.93. The Kier molecular flexibility index (Phi) is 3.76. The Morgan fingerprint density at radius 3 is 3.07 bits per heavy atom. The summed E-state index contributed by atoms with van der Waals surface area (Å²) in [4.78, 5) is 20.1. The number of hydrogen-bond donors (Lipinski definition) is 1. The molecular formula is C19H19N5O2S. The first-order valence-electron chi connectivity index (χ1n) is 8.96. The summed E-state index contributed by atoms with van der Waals surface area (Å²) in [6, 6.07) is 8.35. The predicted molar refractivity (Wildman–Crippen MR) is 107 cm³/mol. The van der Waals surface area contributed by atoms with Crippen molar-refractivity contribution < 1.29 is 4.42 Å². The number of fused-ring (bicyclic) bond motifs is 2. The zero-order chi connectivity index (χ0) is 18.5. The topological polar surface area (TPSA) is 75.7 Å². The molecule has 0 bridgehead atoms. The largest absolute Gasteiger partial charge is 0.422 e. The molecule has 3 aromatic heterocycles. The molecule has 1 N–H and O–H groups in total. The molecule has 1 aromatic carbocycles. The lowest BCUT2D eigenvalue weighted by atomic mass is 10.1. The molecule has 138 valence electrons. The molecule has 1 aliphatic rings. The summed E-state index contributed by atoms with van der Waals surface area (Å²) < 4.78 is 7.37. The molecule has 7 nitrogen and oxygen atoms in total. The van der Waals surface area contributed by atoms with Crippen LogP contribution < -0.4 is 15.8 Å². The van der Waals surface area contributed by atoms with Gasteiger partial charge in [-0.2, -0.15) is 5.10 Å². The maximum absolute atomic E-state index is 12.7. The Bertz CT molecular complexity index is 1210. The molecule has 1 aliphatic heterocycles. The van der Waals surface area contributed by atoms with Crippen molar-refractivity contribution in [1.82, 2.24) is 19.9 Å². The Labute approximate surface area is 159 Å². The zero-order valence-corrected chi connectivity index (χ0v) is 15.9. The van der Waals surface area contributed by atoms with Crippen molar-refractivity contribution in [3.8, 4) is 11.3 Å². The van der Waals surface area contributed by atoms with Crippen LogP contribution in [0, 0.1) is 6.92 Å². The monoisotopic (exact) mass is 381 g/mol. The van der Waals surface area contributed by atoms with Gasteiger partial charge in [-0.05, 0) is 32.0 Å². The van der Waals surface area contributed by atoms with Crippen molar-refractivity contribution in [2.75, 3.05) is 24.5 Å². The fourth-order valence-corrected chi connectivity index (χ4v) is 4.33. The lowest BCUT2D eigenvalue weighted by molar-refractivity contribution is 0.484. The van der Waals surface area contributed by atoms with Crippen LogP contribution in [0.5, 0.6) is 0 Å². The van der Waals surface area contributed by atoms with Crippen LogP contribution in [-0.4, -0.2) is 40.3 Å². The van der Waals surface area contributed by atoms with Crippen molar-refractivity contribution in [2.45, 2.75) is 19.9 Å². The number of imidazole rings is 1. The molecule has 4 aromatic rings. The predicted octanol–water partition coefficient (Wildman–Crippen LogP) is 2.67. The smallest absolute Gasteiger partial charge is 0.345 e. The highest BCUT2D eigenvalue weighted by Crippen LogP contribution is 2.27. The molecule has 1 fully saturated rings. The number of aromatic nitrogens is 3. The fourth-order valence-electron chi connectivity index (χ4n) is 3.61. The minimum Gasteiger partial charge on any atom is -0.422 e. The standard InChI is InChI=1S/C19H19N5O2S/c1-11-10-23(6-5-20-11)14-4-3-13-7-15(18(25)26-17(13)8-14)16-9-21-19-24(16)22-12(2)27-19/h3-4,7-9,11,20H,5-6,10H2,1-2H3/t11-/m1/s1. The molecule has 8 heteroatoms. The quantitative estimate of drug-likeness (QED) is 0.538. The van der Waals surface area contributed by atoms with Crippen molar-refractivity contribution in [1.29, 1.82) is 0 Å². The van der Waals surface area contributed by atoms with Gasteiger partial charge in [-0.15, -0.1) is 0 Å². The fraction of sp³-hybridized carbons (Fsp3) is 0.316. The summed E-state index contributed by atoms with van der Waals surface area (Å²) >= 11 is 1.49. The van der Waals surface area contributed by atoms with Gasteiger partial charge in [0.15, 0.2) is 0 Å². The molecule has 4 heterocycles. The van der Waals surface area contributed by atoms with E-state index in [4.69, 9.17) is 4.42 Å². The Morgan fingerprint density at radius 1 is 1.33 bits per heavy atom. The van der Waals surface area contributed by atoms with Crippen molar-refractivity contribution in [3.63, 3.8) is 0 Å². The van der Waals surface area contributed by atoms with Gasteiger partial charge in [0.25, 0.3) is 0 Å². The summed E-state index contributed by atoms with van der Waals surface area (Å²) in [5.41, 5.74) is 2.44. The van der Waals surface area contributed by atoms with Crippen LogP contribution in [0.3, 0.4) is 0 Å². The van der Waals surface area contributed by atoms with Crippen LogP contribution >= 0.6 is 11.3 Å². The lowest BCUT2D eigenvalue weighted by Crippen LogP contribution is -2.49. The van der Waals surface area contributed by atoms with E-state index in [1.807, 2.05) is 25.1 Å². The molecular weight excluding hydrogens is 362 g/mol. The van der Waals surface area contributed by atoms with E-state index in [0.29, 0.717) is 22.9 Å². The van der Waals surface area contributed by atoms with Gasteiger partial charge in [0.2, 0.25) is 4.96 Å². The molecule has 0 saturated carbocycles. The molecule has 0 radical (unpaired) electrons. The summed E-state index contributed by atoms with van der Waals surface area (Å²) in [7, 11) is 0. The lowest BCUT2D eigenvalue weighted by Gasteiger charge is -2.33. The highest BCUT2D eigenvalue weighted by molar-refractivity contribution is 7.16. The van der Waals surface area contributed by atoms with E-state index in [2.05, 4.69) is 33.3 Å². The van der Waals surface area contributed by atoms with Gasteiger partial charge in [0.1, 0.15) is 16.3 Å². The van der Waals surface area contributed by atoms with Crippen LogP contribution in [0.25, 0.3) is 27.2 Å². The molecule has 0 spiro atoms. The minimum atomic E-state index is -0.374. The molecule has 0 aliphatic carbocycles. The Balaban J connectivity index is 1.59. The highest BCUT2D eigenvalue weighted by atomic mass is 32.1. The summed E-state index contributed by atoms with van der Waals surface area (Å²) in [5.74, 6) is 0. The number of nitrogens with zero attached hydrogens (tertiary/aromatic N) is 4. The van der Waals surface area contributed by atoms with Crippen molar-refractivity contribution in [2.24, 2.45) is 0 Å². The second-order valence-corrected chi connectivity index (χ2v) is 8.09. The average Bonchev–Trinajstić information content (AvgIpc) is 3.20. The van der Waals surface area contributed by atoms with Gasteiger partial charge in [-0.25, -0.2) is 14.3 Å². The van der Waals surface area contributed by atoms with E-state index in [9.17, 15) is 4.79 Å². The molecule has 27 heavy (non-hydrogen) atoms. The number of hydrogen-bond acceptors (Lipinski definition) is 7. The summed E-state index contributed by atoms with van der Waals surface area (Å²) in [6.07, 6.45) is 1.67. The maximum atomic E-state index is 12.7. The van der Waals surface area contributed by atoms with Crippen LogP contribution in [0.4, 0.5) is 5.69 Å². The molecule has 5 rings (SSSR count). The summed E-state index contributed by atoms with van der Waals surface area (Å²) in [6.45, 7) is 6.92. The number of anilines is 1. The average molecular weight is 381 g/mol. The number of nitrogens with one attached hydrogen (secondary N) is 1. The molecule has 1 saturated heterocycles. The molecule has 1 atom stereocenters. The van der Waals surface area contributed by atoms with Crippen LogP contribution in [0.1, 0.15) is 11.9 Å². The van der Waals surface area contributed by atoms with Crippen molar-refractivity contribution >= 4 is 33.0 Å². The number of aryl methyl sites for hydroxylation is 1. The first-order chi connectivity index (χ1) is 13.1. The normalized spacial score (nSPS) is 17.9. The first kappa shape index (κ1) is 16.5. The number of benzene rings is 1. The van der Waals surface area contributed by atoms with Gasteiger partial charge in [0.05, 0.1) is 11.8 Å². The Hall–Kier alpha value is -2.71. The van der Waals surface area contributed by atoms with E-state index in [0.717, 1.165) is 40.7 Å². The van der Waals surface area contributed by atoms with Crippen molar-refractivity contribution in [3.05, 3.63) is 45.9 Å². The van der Waals surface area contributed by atoms with E-state index < -0.39 is 0 Å². The van der Waals surface area contributed by atoms with E-state index in [1.54, 1.807) is 10.7 Å². The second kappa shape index (κ2) is 6.17. The van der Waals surface area contributed by atoms with E-state index >= 15 is 0 Å². The third kappa shape index (κ3) is 2.81. The number of piperazine rings is 1. The SMILES string of the molecule is Cc1nn2c(-c3cc4ccc(N5CCN[C@H](C)C5)cc4oc3=O)cnc2s1. The van der Waals surface area contributed by atoms with Crippen LogP contribution in [-0.2, 0) is 0 Å². The molecule has 0 unspecified atom stereocenters. The number of rotatable bonds is 2. The maximum Gasteiger partial charge on any atom is 0.345 e.